The van der Waals surface area contributed by atoms with Gasteiger partial charge >= 0.3 is 11.9 Å². The van der Waals surface area contributed by atoms with Crippen molar-refractivity contribution in [2.24, 2.45) is 40.7 Å². The second-order valence-electron chi connectivity index (χ2n) is 20.9. The smallest absolute Gasteiger partial charge is 0.305 e. The number of nitrogens with two attached hydrogens (primary N) is 4. The van der Waals surface area contributed by atoms with Crippen molar-refractivity contribution in [3.63, 3.8) is 0 Å². The molecular formula is C50H88N14O15. The molecule has 29 heteroatoms. The fraction of sp³-hybridized carbons (Fsp3) is 0.740. The molecule has 11 amide bonds. The minimum atomic E-state index is -1.78. The molecule has 0 bridgehead atoms. The molecule has 19 N–H and O–H groups in total. The first kappa shape index (κ1) is 70.0. The lowest BCUT2D eigenvalue weighted by molar-refractivity contribution is -0.142. The molecular weight excluding hydrogens is 1040 g/mol. The summed E-state index contributed by atoms with van der Waals surface area (Å²) in [5.41, 5.74) is 22.7. The van der Waals surface area contributed by atoms with Crippen molar-refractivity contribution in [2.75, 3.05) is 26.2 Å². The quantitative estimate of drug-likeness (QED) is 0.0262. The zero-order valence-electron chi connectivity index (χ0n) is 46.8. The zero-order valence-corrected chi connectivity index (χ0v) is 46.8. The lowest BCUT2D eigenvalue weighted by Crippen LogP contribution is -2.60. The molecule has 29 nitrogen and oxygen atoms in total. The Morgan fingerprint density at radius 3 is 1.52 bits per heavy atom. The van der Waals surface area contributed by atoms with Gasteiger partial charge in [0.2, 0.25) is 65.0 Å². The van der Waals surface area contributed by atoms with Crippen LogP contribution in [0.25, 0.3) is 0 Å². The van der Waals surface area contributed by atoms with Crippen LogP contribution in [-0.4, -0.2) is 179 Å². The number of carboxylic acid groups (broad SMARTS) is 2. The van der Waals surface area contributed by atoms with E-state index in [0.29, 0.717) is 38.6 Å². The number of rotatable bonds is 37. The number of primary amides is 1. The first-order valence-corrected chi connectivity index (χ1v) is 26.8. The van der Waals surface area contributed by atoms with Gasteiger partial charge in [0.15, 0.2) is 0 Å². The van der Waals surface area contributed by atoms with Crippen LogP contribution in [0.2, 0.25) is 0 Å². The van der Waals surface area contributed by atoms with Crippen LogP contribution in [0.3, 0.4) is 0 Å². The van der Waals surface area contributed by atoms with Crippen LogP contribution in [0.15, 0.2) is 0 Å². The van der Waals surface area contributed by atoms with Gasteiger partial charge in [0.25, 0.3) is 0 Å². The Labute approximate surface area is 460 Å². The maximum atomic E-state index is 13.6. The van der Waals surface area contributed by atoms with Gasteiger partial charge in [-0.2, -0.15) is 0 Å². The minimum Gasteiger partial charge on any atom is -0.481 e. The molecule has 79 heavy (non-hydrogen) atoms. The molecule has 448 valence electrons. The van der Waals surface area contributed by atoms with Gasteiger partial charge in [-0.3, -0.25) is 62.3 Å². The standard InChI is InChI=1S/C50H88N14O15/c1-25(2)22-33(44(73)55-24-36(65)58-31(14-9-11-19-51)45(74)56-28(7)42(71)59-32(15-10-12-20-52)46(75)62-39(26(3)4)41(54)70)60-43(72)29(8)57-47(76)34(23-38(68)69)61-49(78)40(27(5)6)63-48(77)35-16-13-21-64(35)50(79)30(53)17-18-37(66)67/h25-35,39-40H,9-24,51-53H2,1-8H3,(H2,54,70)(H,55,73)(H,56,74)(H,57,76)(H,58,65)(H,59,71)(H,60,72)(H,61,78)(H,62,75)(H,63,77)(H,66,67)(H,68,69). The number of hydrogen-bond donors (Lipinski definition) is 15. The highest BCUT2D eigenvalue weighted by molar-refractivity contribution is 5.99. The Bertz CT molecular complexity index is 2130. The van der Waals surface area contributed by atoms with Crippen LogP contribution in [0.5, 0.6) is 0 Å². The normalized spacial score (nSPS) is 16.6. The number of nitrogens with zero attached hydrogens (tertiary/aromatic N) is 1. The Balaban J connectivity index is 3.09. The summed E-state index contributed by atoms with van der Waals surface area (Å²) in [6.45, 7) is 12.7. The van der Waals surface area contributed by atoms with Crippen LogP contribution >= 0.6 is 0 Å². The lowest BCUT2D eigenvalue weighted by Gasteiger charge is -2.30. The topological polar surface area (TPSA) is 478 Å². The lowest BCUT2D eigenvalue weighted by atomic mass is 10.0. The van der Waals surface area contributed by atoms with E-state index in [1.54, 1.807) is 41.5 Å². The minimum absolute atomic E-state index is 0.0349. The van der Waals surface area contributed by atoms with Gasteiger partial charge in [0.1, 0.15) is 54.4 Å². The van der Waals surface area contributed by atoms with Crippen molar-refractivity contribution in [3.05, 3.63) is 0 Å². The molecule has 1 heterocycles. The van der Waals surface area contributed by atoms with Gasteiger partial charge in [-0.15, -0.1) is 0 Å². The second-order valence-corrected chi connectivity index (χ2v) is 20.9. The van der Waals surface area contributed by atoms with E-state index in [4.69, 9.17) is 28.0 Å². The predicted octanol–water partition coefficient (Wildman–Crippen LogP) is -4.22. The average Bonchev–Trinajstić information content (AvgIpc) is 3.87. The molecule has 0 spiro atoms. The second kappa shape index (κ2) is 35.5. The fourth-order valence-corrected chi connectivity index (χ4v) is 8.28. The van der Waals surface area contributed by atoms with Gasteiger partial charge in [-0.25, -0.2) is 0 Å². The number of carbonyl (C=O) groups is 13. The van der Waals surface area contributed by atoms with Crippen LogP contribution in [0.1, 0.15) is 132 Å². The van der Waals surface area contributed by atoms with Crippen molar-refractivity contribution in [1.29, 1.82) is 0 Å². The molecule has 1 aliphatic rings. The summed E-state index contributed by atoms with van der Waals surface area (Å²) in [6.07, 6.45) is 1.23. The zero-order chi connectivity index (χ0) is 60.3. The van der Waals surface area contributed by atoms with E-state index in [0.717, 1.165) is 0 Å². The largest absolute Gasteiger partial charge is 0.481 e. The highest BCUT2D eigenvalue weighted by atomic mass is 16.4. The first-order valence-electron chi connectivity index (χ1n) is 26.8. The molecule has 1 aliphatic heterocycles. The maximum Gasteiger partial charge on any atom is 0.305 e. The summed E-state index contributed by atoms with van der Waals surface area (Å²) in [6, 6.07) is -12.7. The molecule has 0 saturated carbocycles. The van der Waals surface area contributed by atoms with E-state index in [1.165, 1.54) is 18.7 Å². The molecule has 10 atom stereocenters. The number of hydrogen-bond acceptors (Lipinski definition) is 16. The Morgan fingerprint density at radius 2 is 1.04 bits per heavy atom. The molecule has 1 fully saturated rings. The van der Waals surface area contributed by atoms with Crippen LogP contribution in [0.4, 0.5) is 0 Å². The van der Waals surface area contributed by atoms with E-state index >= 15 is 0 Å². The molecule has 0 radical (unpaired) electrons. The van der Waals surface area contributed by atoms with Gasteiger partial charge < -0.3 is 85.9 Å². The van der Waals surface area contributed by atoms with Crippen molar-refractivity contribution in [2.45, 2.75) is 193 Å². The summed E-state index contributed by atoms with van der Waals surface area (Å²) in [5.74, 6) is -12.8. The van der Waals surface area contributed by atoms with E-state index in [-0.39, 0.29) is 63.5 Å². The van der Waals surface area contributed by atoms with E-state index in [2.05, 4.69) is 47.9 Å². The Hall–Kier alpha value is -7.01. The van der Waals surface area contributed by atoms with E-state index in [1.807, 2.05) is 0 Å². The van der Waals surface area contributed by atoms with Crippen LogP contribution in [-0.2, 0) is 62.3 Å². The predicted molar refractivity (Wildman–Crippen MR) is 286 cm³/mol. The molecule has 10 unspecified atom stereocenters. The molecule has 0 aliphatic carbocycles. The highest BCUT2D eigenvalue weighted by Crippen LogP contribution is 2.20. The molecule has 1 rings (SSSR count). The Kier molecular flexibility index (Phi) is 31.4. The molecule has 0 aromatic carbocycles. The number of likely N-dealkylation sites (tertiary alicyclic amines) is 1. The van der Waals surface area contributed by atoms with Gasteiger partial charge in [0.05, 0.1) is 19.0 Å². The molecule has 0 aromatic rings. The van der Waals surface area contributed by atoms with E-state index < -0.39 is 156 Å². The van der Waals surface area contributed by atoms with Crippen LogP contribution < -0.4 is 70.8 Å². The van der Waals surface area contributed by atoms with Gasteiger partial charge in [-0.1, -0.05) is 41.5 Å². The third-order valence-corrected chi connectivity index (χ3v) is 12.8. The summed E-state index contributed by atoms with van der Waals surface area (Å²) in [7, 11) is 0. The number of unbranched alkanes of at least 4 members (excludes halogenated alkanes) is 2. The van der Waals surface area contributed by atoms with Crippen molar-refractivity contribution >= 4 is 76.9 Å². The van der Waals surface area contributed by atoms with Gasteiger partial charge in [0, 0.05) is 13.0 Å². The van der Waals surface area contributed by atoms with Gasteiger partial charge in [-0.05, 0) is 109 Å². The SMILES string of the molecule is CC(C)CC(NC(=O)C(C)NC(=O)C(CC(=O)O)NC(=O)C(NC(=O)C1CCCN1C(=O)C(N)CCC(=O)O)C(C)C)C(=O)NCC(=O)NC(CCCCN)C(=O)NC(C)C(=O)NC(CCCCN)C(=O)NC(C(N)=O)C(C)C. The number of carboxylic acids is 2. The summed E-state index contributed by atoms with van der Waals surface area (Å²) in [5, 5.41) is 41.1. The number of carbonyl (C=O) groups excluding carboxylic acids is 11. The maximum absolute atomic E-state index is 13.6. The first-order chi connectivity index (χ1) is 36.9. The molecule has 1 saturated heterocycles. The van der Waals surface area contributed by atoms with Crippen molar-refractivity contribution in [3.8, 4) is 0 Å². The summed E-state index contributed by atoms with van der Waals surface area (Å²) >= 11 is 0. The number of nitrogens with one attached hydrogen (secondary N) is 9. The monoisotopic (exact) mass is 1120 g/mol. The van der Waals surface area contributed by atoms with Crippen molar-refractivity contribution < 1.29 is 72.5 Å². The summed E-state index contributed by atoms with van der Waals surface area (Å²) in [4.78, 5) is 170. The number of aliphatic carboxylic acids is 2. The summed E-state index contributed by atoms with van der Waals surface area (Å²) < 4.78 is 0. The highest BCUT2D eigenvalue weighted by Gasteiger charge is 2.39. The molecule has 0 aromatic heterocycles. The third kappa shape index (κ3) is 25.6. The van der Waals surface area contributed by atoms with E-state index in [9.17, 15) is 67.4 Å². The fourth-order valence-electron chi connectivity index (χ4n) is 8.28. The number of amides is 11. The third-order valence-electron chi connectivity index (χ3n) is 12.8. The van der Waals surface area contributed by atoms with Crippen molar-refractivity contribution in [1.82, 2.24) is 52.8 Å². The van der Waals surface area contributed by atoms with Crippen LogP contribution in [0, 0.1) is 17.8 Å². The Morgan fingerprint density at radius 1 is 0.544 bits per heavy atom. The average molecular weight is 1130 g/mol.